The Balaban J connectivity index is 1.94. The lowest BCUT2D eigenvalue weighted by Gasteiger charge is -2.36. The molecule has 1 heterocycles. The summed E-state index contributed by atoms with van der Waals surface area (Å²) in [4.78, 5) is 25.2. The van der Waals surface area contributed by atoms with Gasteiger partial charge in [0.05, 0.1) is 5.54 Å². The van der Waals surface area contributed by atoms with E-state index in [4.69, 9.17) is 5.73 Å². The Morgan fingerprint density at radius 3 is 2.47 bits per heavy atom. The molecule has 0 bridgehead atoms. The van der Waals surface area contributed by atoms with Crippen molar-refractivity contribution in [2.45, 2.75) is 37.4 Å². The number of nitrogens with zero attached hydrogens (tertiary/aromatic N) is 1. The van der Waals surface area contributed by atoms with Gasteiger partial charge in [-0.25, -0.2) is 4.79 Å². The molecule has 5 nitrogen and oxygen atoms in total. The summed E-state index contributed by atoms with van der Waals surface area (Å²) in [5.41, 5.74) is 7.11. The quantitative estimate of drug-likeness (QED) is 0.811. The molecule has 100 valence electrons. The van der Waals surface area contributed by atoms with Crippen LogP contribution in [0.3, 0.4) is 0 Å². The van der Waals surface area contributed by atoms with Gasteiger partial charge >= 0.3 is 5.97 Å². The van der Waals surface area contributed by atoms with Crippen molar-refractivity contribution in [3.05, 3.63) is 35.4 Å². The smallest absolute Gasteiger partial charge is 0.326 e. The maximum Gasteiger partial charge on any atom is 0.326 e. The van der Waals surface area contributed by atoms with Crippen LogP contribution >= 0.6 is 0 Å². The highest BCUT2D eigenvalue weighted by Crippen LogP contribution is 2.36. The number of carboxylic acid groups (broad SMARTS) is 1. The molecular formula is C14H16N2O3. The van der Waals surface area contributed by atoms with Crippen molar-refractivity contribution in [2.24, 2.45) is 5.73 Å². The van der Waals surface area contributed by atoms with Gasteiger partial charge in [0.1, 0.15) is 6.04 Å². The first-order valence-electron chi connectivity index (χ1n) is 6.41. The van der Waals surface area contributed by atoms with Crippen LogP contribution in [-0.4, -0.2) is 33.5 Å². The van der Waals surface area contributed by atoms with Gasteiger partial charge in [-0.15, -0.1) is 0 Å². The lowest BCUT2D eigenvalue weighted by Crippen LogP contribution is -2.54. The normalized spacial score (nSPS) is 23.6. The van der Waals surface area contributed by atoms with Crippen molar-refractivity contribution in [1.82, 2.24) is 4.90 Å². The van der Waals surface area contributed by atoms with E-state index < -0.39 is 17.6 Å². The van der Waals surface area contributed by atoms with Gasteiger partial charge in [0, 0.05) is 13.0 Å². The fourth-order valence-corrected chi connectivity index (χ4v) is 2.59. The Labute approximate surface area is 111 Å². The van der Waals surface area contributed by atoms with Crippen LogP contribution in [0, 0.1) is 0 Å². The van der Waals surface area contributed by atoms with E-state index in [0.717, 1.165) is 11.1 Å². The van der Waals surface area contributed by atoms with Gasteiger partial charge in [0.15, 0.2) is 0 Å². The molecule has 1 aliphatic heterocycles. The molecule has 1 aromatic rings. The van der Waals surface area contributed by atoms with Gasteiger partial charge < -0.3 is 15.7 Å². The van der Waals surface area contributed by atoms with Crippen LogP contribution in [0.5, 0.6) is 0 Å². The zero-order chi connectivity index (χ0) is 13.6. The molecule has 1 fully saturated rings. The number of carbonyl (C=O) groups is 2. The van der Waals surface area contributed by atoms with Gasteiger partial charge in [0.25, 0.3) is 0 Å². The molecule has 1 atom stereocenters. The van der Waals surface area contributed by atoms with Crippen molar-refractivity contribution in [3.63, 3.8) is 0 Å². The highest BCUT2D eigenvalue weighted by Gasteiger charge is 2.51. The number of rotatable bonds is 2. The van der Waals surface area contributed by atoms with E-state index in [1.165, 1.54) is 4.90 Å². The fourth-order valence-electron chi connectivity index (χ4n) is 2.59. The topological polar surface area (TPSA) is 83.6 Å². The number of fused-ring (bicyclic) bond motifs is 1. The zero-order valence-electron chi connectivity index (χ0n) is 10.5. The Bertz CT molecular complexity index is 551. The van der Waals surface area contributed by atoms with E-state index in [0.29, 0.717) is 25.8 Å². The Kier molecular flexibility index (Phi) is 2.60. The highest BCUT2D eigenvalue weighted by atomic mass is 16.4. The third-order valence-electron chi connectivity index (χ3n) is 4.01. The number of amides is 1. The molecule has 0 aromatic heterocycles. The maximum atomic E-state index is 12.3. The summed E-state index contributed by atoms with van der Waals surface area (Å²) >= 11 is 0. The second-order valence-electron chi connectivity index (χ2n) is 5.42. The second-order valence-corrected chi connectivity index (χ2v) is 5.42. The minimum atomic E-state index is -0.966. The summed E-state index contributed by atoms with van der Waals surface area (Å²) in [5.74, 6) is -1.19. The fraction of sp³-hybridized carbons (Fsp3) is 0.429. The largest absolute Gasteiger partial charge is 0.480 e. The number of hydrogen-bond donors (Lipinski definition) is 2. The first-order valence-corrected chi connectivity index (χ1v) is 6.41. The summed E-state index contributed by atoms with van der Waals surface area (Å²) in [7, 11) is 0. The third kappa shape index (κ3) is 2.00. The molecule has 3 rings (SSSR count). The van der Waals surface area contributed by atoms with Gasteiger partial charge in [-0.1, -0.05) is 24.3 Å². The van der Waals surface area contributed by atoms with E-state index in [-0.39, 0.29) is 5.91 Å². The average molecular weight is 260 g/mol. The molecule has 1 amide bonds. The van der Waals surface area contributed by atoms with Crippen LogP contribution in [0.25, 0.3) is 0 Å². The molecule has 0 radical (unpaired) electrons. The number of hydrogen-bond acceptors (Lipinski definition) is 3. The molecule has 1 aliphatic carbocycles. The Morgan fingerprint density at radius 2 is 1.89 bits per heavy atom. The SMILES string of the molecule is NC1(C(=O)N2Cc3ccccc3C[C@@H]2C(=O)O)CC1. The minimum Gasteiger partial charge on any atom is -0.480 e. The molecule has 0 unspecified atom stereocenters. The zero-order valence-corrected chi connectivity index (χ0v) is 10.5. The number of nitrogens with two attached hydrogens (primary N) is 1. The highest BCUT2D eigenvalue weighted by molar-refractivity contribution is 5.92. The molecule has 2 aliphatic rings. The van der Waals surface area contributed by atoms with E-state index in [9.17, 15) is 14.7 Å². The molecule has 3 N–H and O–H groups in total. The summed E-state index contributed by atoms with van der Waals surface area (Å²) in [6.45, 7) is 0.338. The van der Waals surface area contributed by atoms with E-state index in [1.54, 1.807) is 0 Å². The monoisotopic (exact) mass is 260 g/mol. The van der Waals surface area contributed by atoms with E-state index >= 15 is 0 Å². The number of aliphatic carboxylic acids is 1. The average Bonchev–Trinajstić information content (AvgIpc) is 3.15. The van der Waals surface area contributed by atoms with Crippen LogP contribution in [0.4, 0.5) is 0 Å². The first-order chi connectivity index (χ1) is 9.01. The van der Waals surface area contributed by atoms with Crippen LogP contribution in [0.15, 0.2) is 24.3 Å². The number of carbonyl (C=O) groups excluding carboxylic acids is 1. The maximum absolute atomic E-state index is 12.3. The molecule has 19 heavy (non-hydrogen) atoms. The number of carboxylic acids is 1. The van der Waals surface area contributed by atoms with E-state index in [1.807, 2.05) is 24.3 Å². The standard InChI is InChI=1S/C14H16N2O3/c15-14(5-6-14)13(19)16-8-10-4-2-1-3-9(10)7-11(16)12(17)18/h1-4,11H,5-8,15H2,(H,17,18)/t11-/m1/s1. The lowest BCUT2D eigenvalue weighted by atomic mass is 9.93. The predicted octanol–water partition coefficient (Wildman–Crippen LogP) is 0.516. The van der Waals surface area contributed by atoms with Crippen LogP contribution in [0.1, 0.15) is 24.0 Å². The van der Waals surface area contributed by atoms with Crippen molar-refractivity contribution < 1.29 is 14.7 Å². The van der Waals surface area contributed by atoms with Gasteiger partial charge in [-0.3, -0.25) is 4.79 Å². The van der Waals surface area contributed by atoms with Crippen molar-refractivity contribution in [2.75, 3.05) is 0 Å². The lowest BCUT2D eigenvalue weighted by molar-refractivity contribution is -0.152. The van der Waals surface area contributed by atoms with Gasteiger partial charge in [-0.05, 0) is 24.0 Å². The number of benzene rings is 1. The van der Waals surface area contributed by atoms with Crippen LogP contribution in [0.2, 0.25) is 0 Å². The third-order valence-corrected chi connectivity index (χ3v) is 4.01. The molecular weight excluding hydrogens is 244 g/mol. The van der Waals surface area contributed by atoms with E-state index in [2.05, 4.69) is 0 Å². The van der Waals surface area contributed by atoms with Crippen molar-refractivity contribution >= 4 is 11.9 Å². The molecule has 1 aromatic carbocycles. The summed E-state index contributed by atoms with van der Waals surface area (Å²) in [5, 5.41) is 9.33. The predicted molar refractivity (Wildman–Crippen MR) is 68.3 cm³/mol. The van der Waals surface area contributed by atoms with Gasteiger partial charge in [-0.2, -0.15) is 0 Å². The summed E-state index contributed by atoms with van der Waals surface area (Å²) in [6, 6.07) is 6.84. The van der Waals surface area contributed by atoms with Crippen molar-refractivity contribution in [1.29, 1.82) is 0 Å². The van der Waals surface area contributed by atoms with Crippen molar-refractivity contribution in [3.8, 4) is 0 Å². The minimum absolute atomic E-state index is 0.227. The second kappa shape index (κ2) is 4.06. The Hall–Kier alpha value is -1.88. The molecule has 5 heteroatoms. The molecule has 0 spiro atoms. The summed E-state index contributed by atoms with van der Waals surface area (Å²) < 4.78 is 0. The molecule has 1 saturated carbocycles. The van der Waals surface area contributed by atoms with Crippen LogP contribution in [-0.2, 0) is 22.6 Å². The first kappa shape index (κ1) is 12.2. The van der Waals surface area contributed by atoms with Gasteiger partial charge in [0.2, 0.25) is 5.91 Å². The molecule has 0 saturated heterocycles. The Morgan fingerprint density at radius 1 is 1.26 bits per heavy atom. The van der Waals surface area contributed by atoms with Crippen LogP contribution < -0.4 is 5.73 Å². The summed E-state index contributed by atoms with van der Waals surface area (Å²) in [6.07, 6.45) is 1.65.